The maximum atomic E-state index is 5.95. The average Bonchev–Trinajstić information content (AvgIpc) is 2.17. The van der Waals surface area contributed by atoms with Gasteiger partial charge in [-0.15, -0.1) is 6.58 Å². The third-order valence-electron chi connectivity index (χ3n) is 2.50. The zero-order valence-corrected chi connectivity index (χ0v) is 8.94. The number of hydrogen-bond acceptors (Lipinski definition) is 3. The molecular weight excluding hydrogens is 188 g/mol. The highest BCUT2D eigenvalue weighted by Gasteiger charge is 2.23. The molecule has 1 atom stereocenters. The fourth-order valence-electron chi connectivity index (χ4n) is 1.95. The lowest BCUT2D eigenvalue weighted by Crippen LogP contribution is -2.38. The van der Waals surface area contributed by atoms with Gasteiger partial charge in [0.2, 0.25) is 0 Å². The summed E-state index contributed by atoms with van der Waals surface area (Å²) in [6, 6.07) is 5.77. The molecule has 0 saturated heterocycles. The molecule has 0 aromatic heterocycles. The van der Waals surface area contributed by atoms with E-state index >= 15 is 0 Å². The van der Waals surface area contributed by atoms with Crippen LogP contribution in [0.25, 0.3) is 0 Å². The second-order valence-electron chi connectivity index (χ2n) is 3.82. The van der Waals surface area contributed by atoms with Gasteiger partial charge in [0.1, 0.15) is 17.5 Å². The number of ether oxygens (including phenoxy) is 1. The van der Waals surface area contributed by atoms with Gasteiger partial charge in [0, 0.05) is 6.54 Å². The van der Waals surface area contributed by atoms with Crippen LogP contribution in [-0.2, 0) is 0 Å². The van der Waals surface area contributed by atoms with Crippen molar-refractivity contribution in [3.05, 3.63) is 30.9 Å². The van der Waals surface area contributed by atoms with Crippen molar-refractivity contribution in [2.24, 2.45) is 0 Å². The smallest absolute Gasteiger partial charge is 0.145 e. The second kappa shape index (κ2) is 3.85. The number of rotatable bonds is 2. The van der Waals surface area contributed by atoms with Crippen molar-refractivity contribution in [1.82, 2.24) is 0 Å². The Hall–Kier alpha value is -1.64. The minimum absolute atomic E-state index is 0.194. The van der Waals surface area contributed by atoms with E-state index in [-0.39, 0.29) is 6.10 Å². The summed E-state index contributed by atoms with van der Waals surface area (Å²) >= 11 is 0. The lowest BCUT2D eigenvalue weighted by molar-refractivity contribution is 0.214. The summed E-state index contributed by atoms with van der Waals surface area (Å²) in [7, 11) is 0. The Bertz CT molecular complexity index is 376. The van der Waals surface area contributed by atoms with E-state index < -0.39 is 0 Å². The molecule has 1 aromatic carbocycles. The highest BCUT2D eigenvalue weighted by atomic mass is 16.5. The molecule has 3 heteroatoms. The quantitative estimate of drug-likeness (QED) is 0.592. The Labute approximate surface area is 90.1 Å². The highest BCUT2D eigenvalue weighted by molar-refractivity contribution is 5.75. The number of para-hydroxylation sites is 1. The molecule has 0 fully saturated rings. The summed E-state index contributed by atoms with van der Waals surface area (Å²) in [5, 5.41) is 0. The molecule has 80 valence electrons. The topological polar surface area (TPSA) is 38.5 Å². The number of nitrogen functional groups attached to an aromatic ring is 1. The molecule has 1 aliphatic rings. The molecule has 0 amide bonds. The van der Waals surface area contributed by atoms with E-state index in [9.17, 15) is 0 Å². The number of fused-ring (bicyclic) bond motifs is 1. The molecule has 15 heavy (non-hydrogen) atoms. The van der Waals surface area contributed by atoms with Crippen molar-refractivity contribution >= 4 is 11.4 Å². The molecule has 1 heterocycles. The van der Waals surface area contributed by atoms with Gasteiger partial charge >= 0.3 is 0 Å². The van der Waals surface area contributed by atoms with Gasteiger partial charge in [-0.3, -0.25) is 0 Å². The van der Waals surface area contributed by atoms with Crippen LogP contribution in [0.4, 0.5) is 11.4 Å². The van der Waals surface area contributed by atoms with Crippen molar-refractivity contribution in [2.45, 2.75) is 13.0 Å². The number of nitrogens with zero attached hydrogens (tertiary/aromatic N) is 1. The third kappa shape index (κ3) is 1.77. The molecule has 1 aromatic rings. The lowest BCUT2D eigenvalue weighted by atomic mass is 10.1. The summed E-state index contributed by atoms with van der Waals surface area (Å²) in [5.74, 6) is 0.871. The molecule has 0 spiro atoms. The molecule has 0 aliphatic carbocycles. The van der Waals surface area contributed by atoms with Crippen LogP contribution in [0.15, 0.2) is 30.9 Å². The molecule has 2 N–H and O–H groups in total. The number of hydrogen-bond donors (Lipinski definition) is 1. The Morgan fingerprint density at radius 2 is 2.47 bits per heavy atom. The van der Waals surface area contributed by atoms with E-state index in [1.54, 1.807) is 0 Å². The second-order valence-corrected chi connectivity index (χ2v) is 3.82. The first-order valence-electron chi connectivity index (χ1n) is 5.13. The van der Waals surface area contributed by atoms with Gasteiger partial charge in [-0.05, 0) is 19.1 Å². The van der Waals surface area contributed by atoms with Crippen LogP contribution in [-0.4, -0.2) is 19.2 Å². The fourth-order valence-corrected chi connectivity index (χ4v) is 1.95. The lowest BCUT2D eigenvalue weighted by Gasteiger charge is -2.35. The van der Waals surface area contributed by atoms with Gasteiger partial charge in [0.05, 0.1) is 12.2 Å². The van der Waals surface area contributed by atoms with E-state index in [1.165, 1.54) is 0 Å². The van der Waals surface area contributed by atoms with Gasteiger partial charge in [-0.2, -0.15) is 0 Å². The summed E-state index contributed by atoms with van der Waals surface area (Å²) < 4.78 is 5.73. The molecule has 1 aliphatic heterocycles. The maximum absolute atomic E-state index is 5.95. The normalized spacial score (nSPS) is 19.3. The van der Waals surface area contributed by atoms with Crippen LogP contribution in [0.5, 0.6) is 5.75 Å². The fraction of sp³-hybridized carbons (Fsp3) is 0.333. The molecule has 3 nitrogen and oxygen atoms in total. The molecule has 0 bridgehead atoms. The minimum Gasteiger partial charge on any atom is -0.487 e. The molecule has 0 saturated carbocycles. The van der Waals surface area contributed by atoms with Crippen LogP contribution in [0, 0.1) is 0 Å². The van der Waals surface area contributed by atoms with Crippen molar-refractivity contribution < 1.29 is 4.74 Å². The van der Waals surface area contributed by atoms with Crippen LogP contribution in [0.3, 0.4) is 0 Å². The number of nitrogens with two attached hydrogens (primary N) is 1. The summed E-state index contributed by atoms with van der Waals surface area (Å²) in [6.45, 7) is 7.47. The van der Waals surface area contributed by atoms with Crippen LogP contribution in [0.1, 0.15) is 6.92 Å². The van der Waals surface area contributed by atoms with Crippen molar-refractivity contribution in [2.75, 3.05) is 23.7 Å². The summed E-state index contributed by atoms with van der Waals surface area (Å²) in [5.41, 5.74) is 7.71. The first kappa shape index (κ1) is 9.90. The molecular formula is C12H16N2O. The number of anilines is 2. The van der Waals surface area contributed by atoms with E-state index in [0.717, 1.165) is 30.2 Å². The standard InChI is InChI=1S/C12H16N2O/c1-3-7-14-8-9(2)15-11-6-4-5-10(13)12(11)14/h3-6,9H,1,7-8,13H2,2H3. The zero-order valence-electron chi connectivity index (χ0n) is 8.94. The van der Waals surface area contributed by atoms with Crippen molar-refractivity contribution in [1.29, 1.82) is 0 Å². The Kier molecular flexibility index (Phi) is 2.54. The van der Waals surface area contributed by atoms with E-state index in [2.05, 4.69) is 18.4 Å². The zero-order chi connectivity index (χ0) is 10.8. The van der Waals surface area contributed by atoms with Crippen LogP contribution < -0.4 is 15.4 Å². The first-order valence-corrected chi connectivity index (χ1v) is 5.13. The Balaban J connectivity index is 2.42. The molecule has 0 radical (unpaired) electrons. The van der Waals surface area contributed by atoms with Gasteiger partial charge in [0.25, 0.3) is 0 Å². The van der Waals surface area contributed by atoms with Crippen LogP contribution in [0.2, 0.25) is 0 Å². The Morgan fingerprint density at radius 1 is 1.67 bits per heavy atom. The highest BCUT2D eigenvalue weighted by Crippen LogP contribution is 2.37. The average molecular weight is 204 g/mol. The SMILES string of the molecule is C=CCN1CC(C)Oc2cccc(N)c21. The van der Waals surface area contributed by atoms with Gasteiger partial charge < -0.3 is 15.4 Å². The first-order chi connectivity index (χ1) is 7.22. The monoisotopic (exact) mass is 204 g/mol. The summed E-state index contributed by atoms with van der Waals surface area (Å²) in [4.78, 5) is 2.20. The van der Waals surface area contributed by atoms with E-state index in [4.69, 9.17) is 10.5 Å². The van der Waals surface area contributed by atoms with E-state index in [0.29, 0.717) is 0 Å². The number of benzene rings is 1. The molecule has 2 rings (SSSR count). The maximum Gasteiger partial charge on any atom is 0.145 e. The van der Waals surface area contributed by atoms with E-state index in [1.807, 2.05) is 24.3 Å². The Morgan fingerprint density at radius 3 is 3.20 bits per heavy atom. The van der Waals surface area contributed by atoms with Crippen molar-refractivity contribution in [3.8, 4) is 5.75 Å². The third-order valence-corrected chi connectivity index (χ3v) is 2.50. The van der Waals surface area contributed by atoms with Crippen LogP contribution >= 0.6 is 0 Å². The van der Waals surface area contributed by atoms with Gasteiger partial charge in [-0.1, -0.05) is 12.1 Å². The predicted octanol–water partition coefficient (Wildman–Crippen LogP) is 2.04. The van der Waals surface area contributed by atoms with Gasteiger partial charge in [0.15, 0.2) is 0 Å². The summed E-state index contributed by atoms with van der Waals surface area (Å²) in [6.07, 6.45) is 2.08. The predicted molar refractivity (Wildman–Crippen MR) is 63.4 cm³/mol. The largest absolute Gasteiger partial charge is 0.487 e. The van der Waals surface area contributed by atoms with Gasteiger partial charge in [-0.25, -0.2) is 0 Å². The minimum atomic E-state index is 0.194. The van der Waals surface area contributed by atoms with Crippen molar-refractivity contribution in [3.63, 3.8) is 0 Å². The molecule has 1 unspecified atom stereocenters.